The number of anilines is 1. The summed E-state index contributed by atoms with van der Waals surface area (Å²) in [7, 11) is 2.24. The summed E-state index contributed by atoms with van der Waals surface area (Å²) in [6.45, 7) is 4.30. The second-order valence-corrected chi connectivity index (χ2v) is 9.41. The monoisotopic (exact) mass is 426 g/mol. The third-order valence-corrected chi connectivity index (χ3v) is 7.42. The van der Waals surface area contributed by atoms with Crippen LogP contribution < -0.4 is 10.2 Å². The number of carbonyl (C=O) groups is 1. The van der Waals surface area contributed by atoms with Gasteiger partial charge in [0.2, 0.25) is 0 Å². The molecule has 1 aromatic carbocycles. The van der Waals surface area contributed by atoms with Crippen molar-refractivity contribution in [2.75, 3.05) is 31.7 Å². The van der Waals surface area contributed by atoms with Crippen molar-refractivity contribution >= 4 is 23.0 Å². The van der Waals surface area contributed by atoms with Crippen LogP contribution in [0.1, 0.15) is 62.2 Å². The number of fused-ring (bicyclic) bond motifs is 3. The van der Waals surface area contributed by atoms with Crippen LogP contribution >= 0.6 is 0 Å². The third-order valence-electron chi connectivity index (χ3n) is 7.42. The van der Waals surface area contributed by atoms with E-state index >= 15 is 0 Å². The number of nitrogens with zero attached hydrogens (tertiary/aromatic N) is 3. The number of amides is 1. The Balaban J connectivity index is 1.36. The van der Waals surface area contributed by atoms with Crippen LogP contribution in [0.4, 0.5) is 6.01 Å². The molecule has 168 valence electrons. The molecule has 4 heterocycles. The average molecular weight is 427 g/mol. The summed E-state index contributed by atoms with van der Waals surface area (Å²) in [5.74, 6) is -0.0369. The molecule has 2 unspecified atom stereocenters. The van der Waals surface area contributed by atoms with Crippen molar-refractivity contribution in [1.82, 2.24) is 15.2 Å². The maximum absolute atomic E-state index is 13.2. The predicted molar refractivity (Wildman–Crippen MR) is 121 cm³/mol. The van der Waals surface area contributed by atoms with E-state index in [4.69, 9.17) is 14.1 Å². The maximum atomic E-state index is 13.2. The lowest BCUT2D eigenvalue weighted by atomic mass is 9.82. The Morgan fingerprint density at radius 3 is 2.84 bits per heavy atom. The van der Waals surface area contributed by atoms with Crippen molar-refractivity contribution < 1.29 is 13.9 Å². The van der Waals surface area contributed by atoms with E-state index in [9.17, 15) is 4.79 Å². The van der Waals surface area contributed by atoms with E-state index in [1.165, 1.54) is 19.3 Å². The Morgan fingerprint density at radius 2 is 2.06 bits per heavy atom. The first kappa shape index (κ1) is 20.8. The Labute approximate surface area is 184 Å². The van der Waals surface area contributed by atoms with Gasteiger partial charge in [-0.2, -0.15) is 4.98 Å². The molecule has 3 fully saturated rings. The molecule has 7 nitrogen and oxygen atoms in total. The number of morpholine rings is 1. The van der Waals surface area contributed by atoms with Gasteiger partial charge in [0.1, 0.15) is 5.52 Å². The number of benzene rings is 1. The number of hydrogen-bond acceptors (Lipinski definition) is 6. The number of oxazole rings is 1. The lowest BCUT2D eigenvalue weighted by Crippen LogP contribution is -2.55. The highest BCUT2D eigenvalue weighted by atomic mass is 16.5. The zero-order chi connectivity index (χ0) is 21.4. The highest BCUT2D eigenvalue weighted by molar-refractivity contribution is 6.04. The summed E-state index contributed by atoms with van der Waals surface area (Å²) in [4.78, 5) is 22.7. The molecule has 1 amide bonds. The molecule has 0 aliphatic carbocycles. The topological polar surface area (TPSA) is 70.8 Å². The van der Waals surface area contributed by atoms with Crippen LogP contribution in [0.2, 0.25) is 0 Å². The second kappa shape index (κ2) is 8.79. The molecule has 1 N–H and O–H groups in total. The summed E-state index contributed by atoms with van der Waals surface area (Å²) < 4.78 is 11.8. The molecule has 3 aliphatic rings. The summed E-state index contributed by atoms with van der Waals surface area (Å²) in [6.07, 6.45) is 7.96. The molecule has 3 saturated heterocycles. The average Bonchev–Trinajstić information content (AvgIpc) is 3.19. The number of para-hydroxylation sites is 1. The molecular formula is C24H34N4O3. The summed E-state index contributed by atoms with van der Waals surface area (Å²) in [5.41, 5.74) is 1.94. The van der Waals surface area contributed by atoms with Crippen LogP contribution in [0.25, 0.3) is 11.1 Å². The minimum absolute atomic E-state index is 0.0369. The molecule has 31 heavy (non-hydrogen) atoms. The second-order valence-electron chi connectivity index (χ2n) is 9.41. The predicted octanol–water partition coefficient (Wildman–Crippen LogP) is 3.58. The van der Waals surface area contributed by atoms with E-state index < -0.39 is 0 Å². The van der Waals surface area contributed by atoms with Crippen LogP contribution in [0, 0.1) is 0 Å². The van der Waals surface area contributed by atoms with Crippen molar-refractivity contribution in [3.05, 3.63) is 23.8 Å². The minimum atomic E-state index is -0.0369. The van der Waals surface area contributed by atoms with Gasteiger partial charge in [0.25, 0.3) is 11.9 Å². The standard InChI is InChI=1S/C24H34N4O3/c1-3-6-19-15-30-12-11-28(19)24-26-22-20(9-5-10-21(22)31-24)23(29)25-16-13-17-7-4-8-18(14-16)27(17)2/h5,9-10,16-19H,3-4,6-8,11-15H2,1-2H3,(H,25,29)/t16?,17?,18?,19-/m0/s1. The van der Waals surface area contributed by atoms with Gasteiger partial charge >= 0.3 is 0 Å². The van der Waals surface area contributed by atoms with Crippen molar-refractivity contribution in [1.29, 1.82) is 0 Å². The van der Waals surface area contributed by atoms with E-state index in [2.05, 4.69) is 29.1 Å². The van der Waals surface area contributed by atoms with E-state index in [0.717, 1.165) is 32.2 Å². The number of carbonyl (C=O) groups excluding carboxylic acids is 1. The van der Waals surface area contributed by atoms with E-state index in [-0.39, 0.29) is 18.0 Å². The molecule has 7 heteroatoms. The SMILES string of the molecule is CCC[C@H]1COCCN1c1nc2c(C(=O)NC3CC4CCCC(C3)N4C)cccc2o1. The molecule has 3 atom stereocenters. The first-order chi connectivity index (χ1) is 15.1. The Kier molecular flexibility index (Phi) is 5.89. The largest absolute Gasteiger partial charge is 0.423 e. The number of piperidine rings is 2. The fourth-order valence-electron chi connectivity index (χ4n) is 5.72. The third kappa shape index (κ3) is 4.05. The number of hydrogen-bond donors (Lipinski definition) is 1. The lowest BCUT2D eigenvalue weighted by molar-refractivity contribution is 0.0463. The van der Waals surface area contributed by atoms with Gasteiger partial charge in [0.05, 0.1) is 24.8 Å². The van der Waals surface area contributed by atoms with Gasteiger partial charge in [-0.15, -0.1) is 0 Å². The van der Waals surface area contributed by atoms with Crippen LogP contribution in [-0.4, -0.2) is 66.8 Å². The highest BCUT2D eigenvalue weighted by Crippen LogP contribution is 2.33. The maximum Gasteiger partial charge on any atom is 0.298 e. The van der Waals surface area contributed by atoms with Crippen molar-refractivity contribution in [2.45, 2.75) is 76.0 Å². The van der Waals surface area contributed by atoms with Crippen LogP contribution in [0.15, 0.2) is 22.6 Å². The molecule has 5 rings (SSSR count). The normalized spacial score (nSPS) is 29.3. The molecule has 0 spiro atoms. The van der Waals surface area contributed by atoms with Gasteiger partial charge in [-0.25, -0.2) is 0 Å². The Hall–Kier alpha value is -2.12. The van der Waals surface area contributed by atoms with Crippen molar-refractivity contribution in [3.8, 4) is 0 Å². The van der Waals surface area contributed by atoms with Gasteiger partial charge in [-0.3, -0.25) is 4.79 Å². The van der Waals surface area contributed by atoms with E-state index in [1.54, 1.807) is 0 Å². The van der Waals surface area contributed by atoms with E-state index in [1.807, 2.05) is 18.2 Å². The van der Waals surface area contributed by atoms with Gasteiger partial charge in [0, 0.05) is 24.7 Å². The molecule has 1 aromatic heterocycles. The zero-order valence-electron chi connectivity index (χ0n) is 18.7. The molecule has 0 saturated carbocycles. The van der Waals surface area contributed by atoms with Gasteiger partial charge in [-0.1, -0.05) is 25.8 Å². The van der Waals surface area contributed by atoms with Crippen molar-refractivity contribution in [2.24, 2.45) is 0 Å². The first-order valence-corrected chi connectivity index (χ1v) is 11.9. The van der Waals surface area contributed by atoms with Gasteiger partial charge in [0.15, 0.2) is 5.58 Å². The quantitative estimate of drug-likeness (QED) is 0.788. The van der Waals surface area contributed by atoms with Crippen molar-refractivity contribution in [3.63, 3.8) is 0 Å². The number of aromatic nitrogens is 1. The zero-order valence-corrected chi connectivity index (χ0v) is 18.7. The summed E-state index contributed by atoms with van der Waals surface area (Å²) in [5, 5.41) is 3.31. The van der Waals surface area contributed by atoms with Crippen LogP contribution in [-0.2, 0) is 4.74 Å². The van der Waals surface area contributed by atoms with Gasteiger partial charge < -0.3 is 24.3 Å². The smallest absolute Gasteiger partial charge is 0.298 e. The molecule has 2 aromatic rings. The highest BCUT2D eigenvalue weighted by Gasteiger charge is 2.36. The van der Waals surface area contributed by atoms with Crippen LogP contribution in [0.5, 0.6) is 0 Å². The minimum Gasteiger partial charge on any atom is -0.423 e. The molecule has 0 radical (unpaired) electrons. The van der Waals surface area contributed by atoms with Gasteiger partial charge in [-0.05, 0) is 51.3 Å². The fourth-order valence-corrected chi connectivity index (χ4v) is 5.72. The Bertz CT molecular complexity index is 913. The Morgan fingerprint density at radius 1 is 1.26 bits per heavy atom. The molecule has 3 aliphatic heterocycles. The summed E-state index contributed by atoms with van der Waals surface area (Å²) >= 11 is 0. The van der Waals surface area contributed by atoms with Crippen LogP contribution in [0.3, 0.4) is 0 Å². The molecule has 2 bridgehead atoms. The first-order valence-electron chi connectivity index (χ1n) is 11.9. The fraction of sp³-hybridized carbons (Fsp3) is 0.667. The van der Waals surface area contributed by atoms with E-state index in [0.29, 0.717) is 48.0 Å². The number of rotatable bonds is 5. The number of nitrogens with one attached hydrogen (secondary N) is 1. The molecular weight excluding hydrogens is 392 g/mol. The number of ether oxygens (including phenoxy) is 1. The summed E-state index contributed by atoms with van der Waals surface area (Å²) in [6, 6.07) is 7.93. The lowest BCUT2D eigenvalue weighted by Gasteiger charge is -2.47.